The SMILES string of the molecule is CCC[C@@H]1CN(C)CCC1=O. The number of rotatable bonds is 2. The van der Waals surface area contributed by atoms with E-state index >= 15 is 0 Å². The van der Waals surface area contributed by atoms with E-state index in [1.54, 1.807) is 0 Å². The Labute approximate surface area is 68.6 Å². The monoisotopic (exact) mass is 155 g/mol. The summed E-state index contributed by atoms with van der Waals surface area (Å²) >= 11 is 0. The maximum atomic E-state index is 11.3. The van der Waals surface area contributed by atoms with E-state index in [2.05, 4.69) is 18.9 Å². The van der Waals surface area contributed by atoms with Crippen LogP contribution in [-0.4, -0.2) is 30.8 Å². The molecule has 1 heterocycles. The zero-order chi connectivity index (χ0) is 8.27. The number of Topliss-reactive ketones (excluding diaryl/α,β-unsaturated/α-hetero) is 1. The average molecular weight is 155 g/mol. The lowest BCUT2D eigenvalue weighted by Crippen LogP contribution is -2.38. The standard InChI is InChI=1S/C9H17NO/c1-3-4-8-7-10(2)6-5-9(8)11/h8H,3-7H2,1-2H3/t8-/m1/s1. The van der Waals surface area contributed by atoms with Crippen LogP contribution in [0, 0.1) is 5.92 Å². The van der Waals surface area contributed by atoms with Crippen LogP contribution in [-0.2, 0) is 4.79 Å². The molecule has 64 valence electrons. The zero-order valence-electron chi connectivity index (χ0n) is 7.47. The number of piperidine rings is 1. The Kier molecular flexibility index (Phi) is 3.06. The van der Waals surface area contributed by atoms with Gasteiger partial charge in [0.1, 0.15) is 5.78 Å². The summed E-state index contributed by atoms with van der Waals surface area (Å²) in [5, 5.41) is 0. The van der Waals surface area contributed by atoms with Gasteiger partial charge in [-0.05, 0) is 13.5 Å². The Balaban J connectivity index is 2.40. The average Bonchev–Trinajstić information content (AvgIpc) is 1.98. The smallest absolute Gasteiger partial charge is 0.138 e. The molecule has 1 atom stereocenters. The van der Waals surface area contributed by atoms with Crippen molar-refractivity contribution in [3.8, 4) is 0 Å². The van der Waals surface area contributed by atoms with Crippen LogP contribution in [0.2, 0.25) is 0 Å². The lowest BCUT2D eigenvalue weighted by Gasteiger charge is -2.28. The first-order chi connectivity index (χ1) is 5.24. The number of likely N-dealkylation sites (tertiary alicyclic amines) is 1. The highest BCUT2D eigenvalue weighted by Gasteiger charge is 2.23. The van der Waals surface area contributed by atoms with E-state index in [0.717, 1.165) is 32.4 Å². The third-order valence-electron chi connectivity index (χ3n) is 2.36. The molecule has 0 N–H and O–H groups in total. The lowest BCUT2D eigenvalue weighted by atomic mass is 9.93. The van der Waals surface area contributed by atoms with Gasteiger partial charge in [-0.15, -0.1) is 0 Å². The molecule has 2 nitrogen and oxygen atoms in total. The van der Waals surface area contributed by atoms with Gasteiger partial charge < -0.3 is 4.90 Å². The largest absolute Gasteiger partial charge is 0.305 e. The lowest BCUT2D eigenvalue weighted by molar-refractivity contribution is -0.126. The molecule has 1 aliphatic heterocycles. The molecule has 1 aliphatic rings. The minimum absolute atomic E-state index is 0.332. The molecule has 11 heavy (non-hydrogen) atoms. The Morgan fingerprint density at radius 2 is 2.36 bits per heavy atom. The van der Waals surface area contributed by atoms with Crippen molar-refractivity contribution in [2.45, 2.75) is 26.2 Å². The van der Waals surface area contributed by atoms with Gasteiger partial charge in [0.2, 0.25) is 0 Å². The number of hydrogen-bond acceptors (Lipinski definition) is 2. The molecular formula is C9H17NO. The summed E-state index contributed by atoms with van der Waals surface area (Å²) in [5.74, 6) is 0.809. The molecule has 0 aromatic rings. The molecule has 0 aromatic heterocycles. The van der Waals surface area contributed by atoms with Gasteiger partial charge in [-0.1, -0.05) is 13.3 Å². The molecular weight excluding hydrogens is 138 g/mol. The molecule has 1 fully saturated rings. The second-order valence-corrected chi connectivity index (χ2v) is 3.46. The van der Waals surface area contributed by atoms with Crippen molar-refractivity contribution in [2.24, 2.45) is 5.92 Å². The number of ketones is 1. The maximum absolute atomic E-state index is 11.3. The first-order valence-electron chi connectivity index (χ1n) is 4.45. The van der Waals surface area contributed by atoms with Crippen molar-refractivity contribution in [3.63, 3.8) is 0 Å². The molecule has 1 rings (SSSR count). The summed E-state index contributed by atoms with van der Waals surface area (Å²) in [4.78, 5) is 13.6. The van der Waals surface area contributed by atoms with Crippen molar-refractivity contribution >= 4 is 5.78 Å². The second kappa shape index (κ2) is 3.86. The molecule has 2 heteroatoms. The van der Waals surface area contributed by atoms with Gasteiger partial charge >= 0.3 is 0 Å². The highest BCUT2D eigenvalue weighted by atomic mass is 16.1. The normalized spacial score (nSPS) is 27.5. The van der Waals surface area contributed by atoms with E-state index in [0.29, 0.717) is 11.7 Å². The molecule has 0 amide bonds. The molecule has 0 saturated carbocycles. The molecule has 0 aliphatic carbocycles. The Morgan fingerprint density at radius 1 is 1.64 bits per heavy atom. The van der Waals surface area contributed by atoms with Crippen LogP contribution >= 0.6 is 0 Å². The van der Waals surface area contributed by atoms with Crippen molar-refractivity contribution < 1.29 is 4.79 Å². The Morgan fingerprint density at radius 3 is 3.00 bits per heavy atom. The summed E-state index contributed by atoms with van der Waals surface area (Å²) in [6.07, 6.45) is 2.97. The van der Waals surface area contributed by atoms with Crippen LogP contribution in [0.3, 0.4) is 0 Å². The quantitative estimate of drug-likeness (QED) is 0.599. The topological polar surface area (TPSA) is 20.3 Å². The highest BCUT2D eigenvalue weighted by molar-refractivity contribution is 5.82. The summed E-state index contributed by atoms with van der Waals surface area (Å²) in [5.41, 5.74) is 0. The molecule has 0 spiro atoms. The van der Waals surface area contributed by atoms with Crippen LogP contribution < -0.4 is 0 Å². The number of carbonyl (C=O) groups is 1. The van der Waals surface area contributed by atoms with Gasteiger partial charge in [-0.3, -0.25) is 4.79 Å². The van der Waals surface area contributed by atoms with Gasteiger partial charge in [-0.2, -0.15) is 0 Å². The van der Waals surface area contributed by atoms with Crippen LogP contribution in [0.4, 0.5) is 0 Å². The van der Waals surface area contributed by atoms with E-state index in [-0.39, 0.29) is 0 Å². The molecule has 0 unspecified atom stereocenters. The van der Waals surface area contributed by atoms with E-state index in [1.165, 1.54) is 0 Å². The Hall–Kier alpha value is -0.370. The van der Waals surface area contributed by atoms with E-state index in [1.807, 2.05) is 0 Å². The van der Waals surface area contributed by atoms with E-state index in [9.17, 15) is 4.79 Å². The predicted molar refractivity (Wildman–Crippen MR) is 45.5 cm³/mol. The minimum Gasteiger partial charge on any atom is -0.305 e. The van der Waals surface area contributed by atoms with Gasteiger partial charge in [-0.25, -0.2) is 0 Å². The second-order valence-electron chi connectivity index (χ2n) is 3.46. The molecule has 0 radical (unpaired) electrons. The van der Waals surface area contributed by atoms with Crippen molar-refractivity contribution in [3.05, 3.63) is 0 Å². The number of nitrogens with zero attached hydrogens (tertiary/aromatic N) is 1. The maximum Gasteiger partial charge on any atom is 0.138 e. The molecule has 0 bridgehead atoms. The van der Waals surface area contributed by atoms with E-state index in [4.69, 9.17) is 0 Å². The van der Waals surface area contributed by atoms with Gasteiger partial charge in [0.25, 0.3) is 0 Å². The van der Waals surface area contributed by atoms with E-state index < -0.39 is 0 Å². The summed E-state index contributed by atoms with van der Waals surface area (Å²) in [6, 6.07) is 0. The fourth-order valence-corrected chi connectivity index (χ4v) is 1.68. The fourth-order valence-electron chi connectivity index (χ4n) is 1.68. The summed E-state index contributed by atoms with van der Waals surface area (Å²) < 4.78 is 0. The van der Waals surface area contributed by atoms with Crippen LogP contribution in [0.1, 0.15) is 26.2 Å². The molecule has 1 saturated heterocycles. The predicted octanol–water partition coefficient (Wildman–Crippen LogP) is 1.31. The summed E-state index contributed by atoms with van der Waals surface area (Å²) in [7, 11) is 2.09. The Bertz CT molecular complexity index is 144. The third kappa shape index (κ3) is 2.29. The van der Waals surface area contributed by atoms with Crippen molar-refractivity contribution in [1.82, 2.24) is 4.90 Å². The number of hydrogen-bond donors (Lipinski definition) is 0. The van der Waals surface area contributed by atoms with Gasteiger partial charge in [0.15, 0.2) is 0 Å². The minimum atomic E-state index is 0.332. The third-order valence-corrected chi connectivity index (χ3v) is 2.36. The zero-order valence-corrected chi connectivity index (χ0v) is 7.47. The fraction of sp³-hybridized carbons (Fsp3) is 0.889. The van der Waals surface area contributed by atoms with Gasteiger partial charge in [0.05, 0.1) is 0 Å². The van der Waals surface area contributed by atoms with Crippen molar-refractivity contribution in [2.75, 3.05) is 20.1 Å². The van der Waals surface area contributed by atoms with Crippen molar-refractivity contribution in [1.29, 1.82) is 0 Å². The number of carbonyl (C=O) groups excluding carboxylic acids is 1. The summed E-state index contributed by atoms with van der Waals surface area (Å²) in [6.45, 7) is 4.08. The van der Waals surface area contributed by atoms with Crippen LogP contribution in [0.5, 0.6) is 0 Å². The first-order valence-corrected chi connectivity index (χ1v) is 4.45. The first kappa shape index (κ1) is 8.72. The molecule has 0 aromatic carbocycles. The van der Waals surface area contributed by atoms with Crippen LogP contribution in [0.25, 0.3) is 0 Å². The highest BCUT2D eigenvalue weighted by Crippen LogP contribution is 2.16. The van der Waals surface area contributed by atoms with Crippen LogP contribution in [0.15, 0.2) is 0 Å². The van der Waals surface area contributed by atoms with Gasteiger partial charge in [0, 0.05) is 25.4 Å².